The number of nitrogens with zero attached hydrogens (tertiary/aromatic N) is 4. The molecule has 1 N–H and O–H groups in total. The molecule has 9 heteroatoms. The Kier molecular flexibility index (Phi) is 6.31. The number of aromatic nitrogens is 2. The van der Waals surface area contributed by atoms with Gasteiger partial charge in [0.25, 0.3) is 11.5 Å². The molecule has 0 aliphatic rings. The topological polar surface area (TPSA) is 100 Å². The van der Waals surface area contributed by atoms with Crippen molar-refractivity contribution in [1.29, 1.82) is 5.26 Å². The van der Waals surface area contributed by atoms with E-state index < -0.39 is 11.5 Å². The van der Waals surface area contributed by atoms with E-state index in [1.54, 1.807) is 42.5 Å². The second-order valence-electron chi connectivity index (χ2n) is 6.39. The molecule has 3 aromatic rings. The van der Waals surface area contributed by atoms with Crippen LogP contribution in [0.15, 0.2) is 52.4 Å². The molecule has 1 aromatic heterocycles. The smallest absolute Gasteiger partial charge is 0.266 e. The van der Waals surface area contributed by atoms with Crippen molar-refractivity contribution in [3.05, 3.63) is 90.8 Å². The average Bonchev–Trinajstić information content (AvgIpc) is 2.72. The zero-order valence-corrected chi connectivity index (χ0v) is 17.5. The third kappa shape index (κ3) is 4.40. The van der Waals surface area contributed by atoms with Crippen molar-refractivity contribution in [2.24, 2.45) is 5.10 Å². The Morgan fingerprint density at radius 2 is 1.87 bits per heavy atom. The lowest BCUT2D eigenvalue weighted by molar-refractivity contribution is 0.0947. The maximum Gasteiger partial charge on any atom is 0.292 e. The lowest BCUT2D eigenvalue weighted by Gasteiger charge is -2.10. The molecule has 0 aliphatic carbocycles. The van der Waals surface area contributed by atoms with Crippen LogP contribution in [0, 0.1) is 25.2 Å². The maximum absolute atomic E-state index is 12.6. The third-order valence-corrected chi connectivity index (χ3v) is 5.00. The van der Waals surface area contributed by atoms with Gasteiger partial charge in [-0.2, -0.15) is 20.1 Å². The van der Waals surface area contributed by atoms with E-state index in [1.165, 1.54) is 13.1 Å². The van der Waals surface area contributed by atoms with Gasteiger partial charge in [-0.1, -0.05) is 47.0 Å². The summed E-state index contributed by atoms with van der Waals surface area (Å²) in [5.41, 5.74) is 3.73. The first-order chi connectivity index (χ1) is 14.3. The normalized spacial score (nSPS) is 10.8. The SMILES string of the molecule is Cc1ccc(-n2nc(C(=O)N/N=C/c3ccc(Cl)c(Cl)c3)c(C)c(C#N)c2=O)cc1. The molecule has 0 spiro atoms. The number of carbonyl (C=O) groups excluding carboxylic acids is 1. The van der Waals surface area contributed by atoms with E-state index in [2.05, 4.69) is 15.6 Å². The number of rotatable bonds is 4. The van der Waals surface area contributed by atoms with Gasteiger partial charge in [0.05, 0.1) is 21.9 Å². The summed E-state index contributed by atoms with van der Waals surface area (Å²) in [5.74, 6) is -0.666. The van der Waals surface area contributed by atoms with E-state index in [4.69, 9.17) is 23.2 Å². The van der Waals surface area contributed by atoms with Gasteiger partial charge in [0.2, 0.25) is 0 Å². The molecule has 1 amide bonds. The summed E-state index contributed by atoms with van der Waals surface area (Å²) in [6.07, 6.45) is 1.39. The second kappa shape index (κ2) is 8.91. The molecule has 150 valence electrons. The molecule has 3 rings (SSSR count). The zero-order chi connectivity index (χ0) is 21.8. The Labute approximate surface area is 182 Å². The molecule has 0 saturated heterocycles. The van der Waals surface area contributed by atoms with Crippen LogP contribution in [0.2, 0.25) is 10.0 Å². The van der Waals surface area contributed by atoms with Gasteiger partial charge in [0.15, 0.2) is 5.69 Å². The van der Waals surface area contributed by atoms with E-state index in [-0.39, 0.29) is 16.8 Å². The Morgan fingerprint density at radius 3 is 2.50 bits per heavy atom. The van der Waals surface area contributed by atoms with E-state index in [9.17, 15) is 14.9 Å². The monoisotopic (exact) mass is 439 g/mol. The summed E-state index contributed by atoms with van der Waals surface area (Å²) in [7, 11) is 0. The summed E-state index contributed by atoms with van der Waals surface area (Å²) < 4.78 is 1.03. The summed E-state index contributed by atoms with van der Waals surface area (Å²) in [4.78, 5) is 25.3. The van der Waals surface area contributed by atoms with Crippen molar-refractivity contribution in [3.63, 3.8) is 0 Å². The molecular formula is C21H15Cl2N5O2. The first-order valence-corrected chi connectivity index (χ1v) is 9.47. The molecule has 0 atom stereocenters. The fraction of sp³-hybridized carbons (Fsp3) is 0.0952. The van der Waals surface area contributed by atoms with Crippen molar-refractivity contribution in [3.8, 4) is 11.8 Å². The van der Waals surface area contributed by atoms with Crippen LogP contribution in [0.3, 0.4) is 0 Å². The predicted octanol–water partition coefficient (Wildman–Crippen LogP) is 3.79. The molecule has 7 nitrogen and oxygen atoms in total. The Hall–Kier alpha value is -3.47. The maximum atomic E-state index is 12.6. The van der Waals surface area contributed by atoms with Crippen LogP contribution < -0.4 is 11.0 Å². The van der Waals surface area contributed by atoms with E-state index >= 15 is 0 Å². The highest BCUT2D eigenvalue weighted by atomic mass is 35.5. The van der Waals surface area contributed by atoms with Crippen molar-refractivity contribution < 1.29 is 4.79 Å². The van der Waals surface area contributed by atoms with Crippen LogP contribution in [-0.4, -0.2) is 21.9 Å². The summed E-state index contributed by atoms with van der Waals surface area (Å²) in [5, 5.41) is 18.2. The highest BCUT2D eigenvalue weighted by Crippen LogP contribution is 2.21. The van der Waals surface area contributed by atoms with Gasteiger partial charge in [-0.15, -0.1) is 0 Å². The number of hydrogen-bond acceptors (Lipinski definition) is 5. The van der Waals surface area contributed by atoms with E-state index in [1.807, 2.05) is 13.0 Å². The van der Waals surface area contributed by atoms with Gasteiger partial charge < -0.3 is 0 Å². The quantitative estimate of drug-likeness (QED) is 0.493. The van der Waals surface area contributed by atoms with E-state index in [0.717, 1.165) is 10.2 Å². The molecule has 2 aromatic carbocycles. The fourth-order valence-electron chi connectivity index (χ4n) is 2.62. The lowest BCUT2D eigenvalue weighted by atomic mass is 10.1. The number of nitriles is 1. The minimum Gasteiger partial charge on any atom is -0.266 e. The van der Waals surface area contributed by atoms with Crippen LogP contribution >= 0.6 is 23.2 Å². The molecule has 0 saturated carbocycles. The number of hydrogen-bond donors (Lipinski definition) is 1. The number of amides is 1. The first-order valence-electron chi connectivity index (χ1n) is 8.71. The number of aryl methyl sites for hydroxylation is 1. The van der Waals surface area contributed by atoms with Gasteiger partial charge in [-0.3, -0.25) is 9.59 Å². The third-order valence-electron chi connectivity index (χ3n) is 4.27. The van der Waals surface area contributed by atoms with Gasteiger partial charge in [0, 0.05) is 5.56 Å². The number of halogens is 2. The molecule has 30 heavy (non-hydrogen) atoms. The average molecular weight is 440 g/mol. The Balaban J connectivity index is 1.95. The Morgan fingerprint density at radius 1 is 1.17 bits per heavy atom. The molecule has 1 heterocycles. The second-order valence-corrected chi connectivity index (χ2v) is 7.20. The molecule has 0 unspecified atom stereocenters. The summed E-state index contributed by atoms with van der Waals surface area (Å²) >= 11 is 11.8. The van der Waals surface area contributed by atoms with Crippen molar-refractivity contribution in [2.75, 3.05) is 0 Å². The minimum atomic E-state index is -0.666. The molecule has 0 fully saturated rings. The predicted molar refractivity (Wildman–Crippen MR) is 116 cm³/mol. The fourth-order valence-corrected chi connectivity index (χ4v) is 2.93. The van der Waals surface area contributed by atoms with Crippen LogP contribution in [-0.2, 0) is 0 Å². The molecule has 0 bridgehead atoms. The van der Waals surface area contributed by atoms with Crippen LogP contribution in [0.25, 0.3) is 5.69 Å². The number of benzene rings is 2. The van der Waals surface area contributed by atoms with Gasteiger partial charge in [-0.25, -0.2) is 5.43 Å². The highest BCUT2D eigenvalue weighted by molar-refractivity contribution is 6.42. The zero-order valence-electron chi connectivity index (χ0n) is 16.0. The van der Waals surface area contributed by atoms with Gasteiger partial charge in [-0.05, 0) is 43.7 Å². The van der Waals surface area contributed by atoms with Crippen molar-refractivity contribution >= 4 is 35.3 Å². The van der Waals surface area contributed by atoms with Crippen LogP contribution in [0.4, 0.5) is 0 Å². The minimum absolute atomic E-state index is 0.0852. The van der Waals surface area contributed by atoms with Crippen LogP contribution in [0.5, 0.6) is 0 Å². The molecular weight excluding hydrogens is 425 g/mol. The first kappa shape index (κ1) is 21.2. The number of nitrogens with one attached hydrogen (secondary N) is 1. The lowest BCUT2D eigenvalue weighted by Crippen LogP contribution is -2.31. The van der Waals surface area contributed by atoms with Crippen molar-refractivity contribution in [1.82, 2.24) is 15.2 Å². The molecule has 0 radical (unpaired) electrons. The Bertz CT molecular complexity index is 1260. The largest absolute Gasteiger partial charge is 0.292 e. The van der Waals surface area contributed by atoms with Crippen molar-refractivity contribution in [2.45, 2.75) is 13.8 Å². The number of hydrazone groups is 1. The van der Waals surface area contributed by atoms with Gasteiger partial charge >= 0.3 is 0 Å². The van der Waals surface area contributed by atoms with E-state index in [0.29, 0.717) is 21.3 Å². The standard InChI is InChI=1S/C21H15Cl2N5O2/c1-12-3-6-15(7-4-12)28-21(30)16(10-24)13(2)19(27-28)20(29)26-25-11-14-5-8-17(22)18(23)9-14/h3-9,11H,1-2H3,(H,26,29)/b25-11+. The molecule has 0 aliphatic heterocycles. The summed E-state index contributed by atoms with van der Waals surface area (Å²) in [6.45, 7) is 3.39. The van der Waals surface area contributed by atoms with Crippen LogP contribution in [0.1, 0.15) is 32.7 Å². The van der Waals surface area contributed by atoms with Gasteiger partial charge in [0.1, 0.15) is 11.6 Å². The summed E-state index contributed by atoms with van der Waals surface area (Å²) in [6, 6.07) is 13.7. The number of carbonyl (C=O) groups is 1. The highest BCUT2D eigenvalue weighted by Gasteiger charge is 2.20.